The van der Waals surface area contributed by atoms with E-state index in [0.717, 1.165) is 5.56 Å². The fraction of sp³-hybridized carbons (Fsp3) is 0.286. The number of carboxylic acids is 1. The van der Waals surface area contributed by atoms with E-state index in [9.17, 15) is 14.4 Å². The van der Waals surface area contributed by atoms with Crippen molar-refractivity contribution in [3.05, 3.63) is 29.3 Å². The number of amides is 2. The fourth-order valence-electron chi connectivity index (χ4n) is 2.21. The summed E-state index contributed by atoms with van der Waals surface area (Å²) in [6, 6.07) is 4.95. The van der Waals surface area contributed by atoms with Gasteiger partial charge in [-0.3, -0.25) is 14.4 Å². The molecule has 0 atom stereocenters. The molecule has 0 unspecified atom stereocenters. The summed E-state index contributed by atoms with van der Waals surface area (Å²) < 4.78 is 0. The summed E-state index contributed by atoms with van der Waals surface area (Å²) in [6.45, 7) is 0.302. The number of carbonyl (C=O) groups is 3. The number of fused-ring (bicyclic) bond motifs is 1. The van der Waals surface area contributed by atoms with Crippen LogP contribution in [0.2, 0.25) is 0 Å². The van der Waals surface area contributed by atoms with E-state index in [2.05, 4.69) is 10.3 Å². The van der Waals surface area contributed by atoms with E-state index in [1.165, 1.54) is 4.90 Å². The van der Waals surface area contributed by atoms with Gasteiger partial charge in [-0.2, -0.15) is 0 Å². The lowest BCUT2D eigenvalue weighted by molar-refractivity contribution is -0.137. The van der Waals surface area contributed by atoms with E-state index in [1.807, 2.05) is 0 Å². The summed E-state index contributed by atoms with van der Waals surface area (Å²) in [5.41, 5.74) is 12.0. The highest BCUT2D eigenvalue weighted by Crippen LogP contribution is 2.25. The van der Waals surface area contributed by atoms with Crippen molar-refractivity contribution >= 4 is 41.8 Å². The van der Waals surface area contributed by atoms with Gasteiger partial charge in [0.25, 0.3) is 5.91 Å². The van der Waals surface area contributed by atoms with Crippen molar-refractivity contribution < 1.29 is 19.5 Å². The van der Waals surface area contributed by atoms with Gasteiger partial charge in [-0.25, -0.2) is 4.99 Å². The number of nitrogens with one attached hydrogen (secondary N) is 1. The van der Waals surface area contributed by atoms with Crippen LogP contribution >= 0.6 is 12.4 Å². The van der Waals surface area contributed by atoms with Gasteiger partial charge in [0.15, 0.2) is 5.96 Å². The van der Waals surface area contributed by atoms with E-state index < -0.39 is 11.9 Å². The zero-order valence-corrected chi connectivity index (χ0v) is 13.5. The average Bonchev–Trinajstić information content (AvgIpc) is 2.79. The minimum absolute atomic E-state index is 0. The summed E-state index contributed by atoms with van der Waals surface area (Å²) in [7, 11) is 0. The number of carbonyl (C=O) groups excluding carboxylic acids is 2. The average molecular weight is 356 g/mol. The standard InChI is InChI=1S/C14H17N5O4.ClH/c15-14(16)17-6-11(20)18-9-2-1-8-7-19(4-3-12(21)22)13(23)10(8)5-9;/h1-2,5H,3-4,6-7H2,(H,18,20)(H,21,22)(H4,15,16,17);1H. The van der Waals surface area contributed by atoms with Gasteiger partial charge in [-0.1, -0.05) is 6.07 Å². The molecule has 0 aliphatic carbocycles. The van der Waals surface area contributed by atoms with Crippen molar-refractivity contribution in [3.63, 3.8) is 0 Å². The lowest BCUT2D eigenvalue weighted by atomic mass is 10.1. The third-order valence-corrected chi connectivity index (χ3v) is 3.27. The highest BCUT2D eigenvalue weighted by atomic mass is 35.5. The smallest absolute Gasteiger partial charge is 0.305 e. The van der Waals surface area contributed by atoms with Crippen LogP contribution in [0, 0.1) is 0 Å². The zero-order chi connectivity index (χ0) is 17.0. The van der Waals surface area contributed by atoms with Crippen LogP contribution in [0.25, 0.3) is 0 Å². The molecule has 9 nitrogen and oxygen atoms in total. The first kappa shape index (κ1) is 19.2. The van der Waals surface area contributed by atoms with Crippen LogP contribution in [-0.2, 0) is 16.1 Å². The van der Waals surface area contributed by atoms with Crippen LogP contribution in [0.3, 0.4) is 0 Å². The maximum atomic E-state index is 12.2. The Bertz CT molecular complexity index is 688. The third kappa shape index (κ3) is 4.85. The van der Waals surface area contributed by atoms with Gasteiger partial charge in [0, 0.05) is 24.3 Å². The second kappa shape index (κ2) is 8.16. The summed E-state index contributed by atoms with van der Waals surface area (Å²) in [5.74, 6) is -1.80. The Labute approximate surface area is 144 Å². The zero-order valence-electron chi connectivity index (χ0n) is 12.7. The van der Waals surface area contributed by atoms with Gasteiger partial charge in [0.1, 0.15) is 6.54 Å². The molecule has 2 amide bonds. The Morgan fingerprint density at radius 1 is 1.33 bits per heavy atom. The molecule has 6 N–H and O–H groups in total. The van der Waals surface area contributed by atoms with E-state index in [-0.39, 0.29) is 43.8 Å². The normalized spacial score (nSPS) is 12.2. The van der Waals surface area contributed by atoms with Crippen molar-refractivity contribution in [2.75, 3.05) is 18.4 Å². The van der Waals surface area contributed by atoms with Gasteiger partial charge >= 0.3 is 5.97 Å². The maximum Gasteiger partial charge on any atom is 0.305 e. The second-order valence-electron chi connectivity index (χ2n) is 5.03. The third-order valence-electron chi connectivity index (χ3n) is 3.27. The number of benzene rings is 1. The number of nitrogens with zero attached hydrogens (tertiary/aromatic N) is 2. The summed E-state index contributed by atoms with van der Waals surface area (Å²) >= 11 is 0. The minimum atomic E-state index is -0.957. The van der Waals surface area contributed by atoms with Crippen molar-refractivity contribution in [2.24, 2.45) is 16.5 Å². The molecule has 0 aromatic heterocycles. The largest absolute Gasteiger partial charge is 0.481 e. The quantitative estimate of drug-likeness (QED) is 0.408. The molecular weight excluding hydrogens is 338 g/mol. The molecule has 1 aromatic rings. The molecule has 1 aliphatic heterocycles. The van der Waals surface area contributed by atoms with Gasteiger partial charge < -0.3 is 26.8 Å². The first-order chi connectivity index (χ1) is 10.9. The van der Waals surface area contributed by atoms with Gasteiger partial charge in [-0.05, 0) is 17.7 Å². The molecule has 130 valence electrons. The number of rotatable bonds is 6. The second-order valence-corrected chi connectivity index (χ2v) is 5.03. The topological polar surface area (TPSA) is 151 Å². The van der Waals surface area contributed by atoms with Crippen molar-refractivity contribution in [2.45, 2.75) is 13.0 Å². The van der Waals surface area contributed by atoms with E-state index >= 15 is 0 Å². The number of nitrogens with two attached hydrogens (primary N) is 2. The summed E-state index contributed by atoms with van der Waals surface area (Å²) in [5, 5.41) is 11.3. The first-order valence-electron chi connectivity index (χ1n) is 6.86. The molecule has 0 radical (unpaired) electrons. The molecule has 0 fully saturated rings. The molecule has 2 rings (SSSR count). The van der Waals surface area contributed by atoms with Gasteiger partial charge in [0.05, 0.1) is 6.42 Å². The van der Waals surface area contributed by atoms with Crippen LogP contribution in [-0.4, -0.2) is 46.8 Å². The summed E-state index contributed by atoms with van der Waals surface area (Å²) in [6.07, 6.45) is -0.109. The van der Waals surface area contributed by atoms with Crippen LogP contribution in [0.5, 0.6) is 0 Å². The lowest BCUT2D eigenvalue weighted by Crippen LogP contribution is -2.26. The van der Waals surface area contributed by atoms with Gasteiger partial charge in [-0.15, -0.1) is 12.4 Å². The number of carboxylic acid groups (broad SMARTS) is 1. The van der Waals surface area contributed by atoms with Crippen LogP contribution in [0.1, 0.15) is 22.3 Å². The molecule has 0 spiro atoms. The monoisotopic (exact) mass is 355 g/mol. The van der Waals surface area contributed by atoms with Crippen LogP contribution in [0.15, 0.2) is 23.2 Å². The van der Waals surface area contributed by atoms with E-state index in [4.69, 9.17) is 16.6 Å². The lowest BCUT2D eigenvalue weighted by Gasteiger charge is -2.13. The van der Waals surface area contributed by atoms with Crippen LogP contribution < -0.4 is 16.8 Å². The number of halogens is 1. The summed E-state index contributed by atoms with van der Waals surface area (Å²) in [4.78, 5) is 39.5. The highest BCUT2D eigenvalue weighted by molar-refractivity contribution is 6.01. The molecule has 1 heterocycles. The van der Waals surface area contributed by atoms with Crippen molar-refractivity contribution in [1.82, 2.24) is 4.90 Å². The Morgan fingerprint density at radius 3 is 2.67 bits per heavy atom. The molecular formula is C14H18ClN5O4. The molecule has 1 aromatic carbocycles. The van der Waals surface area contributed by atoms with Gasteiger partial charge in [0.2, 0.25) is 5.91 Å². The number of anilines is 1. The molecule has 10 heteroatoms. The first-order valence-corrected chi connectivity index (χ1v) is 6.86. The molecule has 0 bridgehead atoms. The SMILES string of the molecule is Cl.NC(N)=NCC(=O)Nc1ccc2c(c1)C(=O)N(CCC(=O)O)C2. The van der Waals surface area contributed by atoms with Crippen LogP contribution in [0.4, 0.5) is 5.69 Å². The maximum absolute atomic E-state index is 12.2. The Balaban J connectivity index is 0.00000288. The minimum Gasteiger partial charge on any atom is -0.481 e. The Kier molecular flexibility index (Phi) is 6.54. The number of guanidine groups is 1. The molecule has 24 heavy (non-hydrogen) atoms. The number of hydrogen-bond donors (Lipinski definition) is 4. The molecule has 0 saturated heterocycles. The fourth-order valence-corrected chi connectivity index (χ4v) is 2.21. The van der Waals surface area contributed by atoms with E-state index in [1.54, 1.807) is 18.2 Å². The van der Waals surface area contributed by atoms with Crippen molar-refractivity contribution in [3.8, 4) is 0 Å². The van der Waals surface area contributed by atoms with E-state index in [0.29, 0.717) is 17.8 Å². The predicted molar refractivity (Wildman–Crippen MR) is 90.0 cm³/mol. The number of aliphatic carboxylic acids is 1. The Morgan fingerprint density at radius 2 is 2.04 bits per heavy atom. The Hall–Kier alpha value is -2.81. The highest BCUT2D eigenvalue weighted by Gasteiger charge is 2.27. The predicted octanol–water partition coefficient (Wildman–Crippen LogP) is -0.249. The number of hydrogen-bond acceptors (Lipinski definition) is 4. The molecule has 1 aliphatic rings. The number of aliphatic imine (C=N–C) groups is 1. The molecule has 0 saturated carbocycles. The van der Waals surface area contributed by atoms with Crippen molar-refractivity contribution in [1.29, 1.82) is 0 Å².